The van der Waals surface area contributed by atoms with Crippen molar-refractivity contribution in [1.29, 1.82) is 0 Å². The number of nitrogens with one attached hydrogen (secondary N) is 2. The van der Waals surface area contributed by atoms with E-state index in [1.807, 2.05) is 12.1 Å². The van der Waals surface area contributed by atoms with Crippen LogP contribution >= 0.6 is 0 Å². The summed E-state index contributed by atoms with van der Waals surface area (Å²) < 4.78 is 10.9. The van der Waals surface area contributed by atoms with E-state index in [4.69, 9.17) is 9.47 Å². The van der Waals surface area contributed by atoms with E-state index in [0.29, 0.717) is 29.7 Å². The minimum Gasteiger partial charge on any atom is -0.497 e. The summed E-state index contributed by atoms with van der Waals surface area (Å²) in [6.07, 6.45) is 2.14. The topological polar surface area (TPSA) is 72.0 Å². The quantitative estimate of drug-likeness (QED) is 0.568. The number of rotatable bonds is 6. The van der Waals surface area contributed by atoms with Gasteiger partial charge in [-0.1, -0.05) is 32.0 Å². The molecule has 2 aromatic carbocycles. The third-order valence-corrected chi connectivity index (χ3v) is 4.86. The number of hydrogen-bond acceptors (Lipinski definition) is 4. The minimum atomic E-state index is -0.248. The Morgan fingerprint density at radius 3 is 2.79 bits per heavy atom. The van der Waals surface area contributed by atoms with Crippen molar-refractivity contribution in [2.45, 2.75) is 38.7 Å². The van der Waals surface area contributed by atoms with Crippen LogP contribution in [-0.4, -0.2) is 38.2 Å². The Hall–Kier alpha value is -2.86. The number of hydrogen-bond donors (Lipinski definition) is 2. The lowest BCUT2D eigenvalue weighted by atomic mass is 10.0. The first-order chi connectivity index (χ1) is 14.0. The predicted octanol–water partition coefficient (Wildman–Crippen LogP) is 4.20. The Morgan fingerprint density at radius 1 is 1.24 bits per heavy atom. The van der Waals surface area contributed by atoms with Crippen LogP contribution in [0.25, 0.3) is 0 Å². The lowest BCUT2D eigenvalue weighted by Gasteiger charge is -2.15. The average Bonchev–Trinajstić information content (AvgIpc) is 3.26. The Labute approximate surface area is 172 Å². The van der Waals surface area contributed by atoms with Gasteiger partial charge in [-0.3, -0.25) is 10.1 Å². The maximum absolute atomic E-state index is 12.8. The Bertz CT molecular complexity index is 858. The van der Waals surface area contributed by atoms with Gasteiger partial charge in [-0.2, -0.15) is 0 Å². The van der Waals surface area contributed by atoms with Gasteiger partial charge in [-0.15, -0.1) is 0 Å². The molecule has 1 aliphatic rings. The highest BCUT2D eigenvalue weighted by molar-refractivity contribution is 6.10. The molecular formula is C23H29N3O3. The van der Waals surface area contributed by atoms with Gasteiger partial charge in [0.2, 0.25) is 5.96 Å². The molecule has 1 fully saturated rings. The van der Waals surface area contributed by atoms with Crippen molar-refractivity contribution in [1.82, 2.24) is 5.32 Å². The lowest BCUT2D eigenvalue weighted by Crippen LogP contribution is -2.36. The summed E-state index contributed by atoms with van der Waals surface area (Å²) in [5.41, 5.74) is 2.60. The first kappa shape index (κ1) is 20.9. The number of guanidine groups is 1. The molecule has 2 N–H and O–H groups in total. The number of benzene rings is 2. The predicted molar refractivity (Wildman–Crippen MR) is 116 cm³/mol. The van der Waals surface area contributed by atoms with E-state index >= 15 is 0 Å². The number of carbonyl (C=O) groups is 1. The molecule has 1 saturated heterocycles. The summed E-state index contributed by atoms with van der Waals surface area (Å²) in [5, 5.41) is 6.15. The molecule has 0 spiro atoms. The molecule has 2 aromatic rings. The van der Waals surface area contributed by atoms with Gasteiger partial charge in [0.15, 0.2) is 0 Å². The van der Waals surface area contributed by atoms with Crippen LogP contribution < -0.4 is 15.4 Å². The summed E-state index contributed by atoms with van der Waals surface area (Å²) in [5.74, 6) is 1.21. The van der Waals surface area contributed by atoms with Crippen molar-refractivity contribution in [3.8, 4) is 5.75 Å². The van der Waals surface area contributed by atoms with Gasteiger partial charge in [0.25, 0.3) is 5.91 Å². The number of carbonyl (C=O) groups excluding carboxylic acids is 1. The molecule has 0 saturated carbocycles. The van der Waals surface area contributed by atoms with Gasteiger partial charge in [-0.25, -0.2) is 4.99 Å². The summed E-state index contributed by atoms with van der Waals surface area (Å²) in [6, 6.07) is 15.2. The third-order valence-electron chi connectivity index (χ3n) is 4.86. The summed E-state index contributed by atoms with van der Waals surface area (Å²) in [6.45, 7) is 5.58. The maximum Gasteiger partial charge on any atom is 0.258 e. The van der Waals surface area contributed by atoms with Crippen LogP contribution in [0.4, 0.5) is 5.69 Å². The van der Waals surface area contributed by atoms with Crippen LogP contribution in [0, 0.1) is 0 Å². The van der Waals surface area contributed by atoms with Crippen LogP contribution in [0.3, 0.4) is 0 Å². The normalized spacial score (nSPS) is 16.7. The lowest BCUT2D eigenvalue weighted by molar-refractivity contribution is 0.0975. The molecule has 154 valence electrons. The molecule has 1 heterocycles. The maximum atomic E-state index is 12.8. The van der Waals surface area contributed by atoms with E-state index in [9.17, 15) is 4.79 Å². The molecule has 0 radical (unpaired) electrons. The molecule has 6 nitrogen and oxygen atoms in total. The Morgan fingerprint density at radius 2 is 2.07 bits per heavy atom. The smallest absolute Gasteiger partial charge is 0.258 e. The van der Waals surface area contributed by atoms with Gasteiger partial charge in [0, 0.05) is 17.9 Å². The van der Waals surface area contributed by atoms with Gasteiger partial charge in [0.1, 0.15) is 5.75 Å². The highest BCUT2D eigenvalue weighted by atomic mass is 16.5. The van der Waals surface area contributed by atoms with Crippen LogP contribution in [0.1, 0.15) is 48.5 Å². The first-order valence-electron chi connectivity index (χ1n) is 10.0. The molecule has 29 heavy (non-hydrogen) atoms. The number of aliphatic imine (C=N–C) groups is 1. The Balaban J connectivity index is 1.77. The van der Waals surface area contributed by atoms with Crippen LogP contribution in [0.5, 0.6) is 5.75 Å². The van der Waals surface area contributed by atoms with E-state index < -0.39 is 0 Å². The van der Waals surface area contributed by atoms with Crippen molar-refractivity contribution < 1.29 is 14.3 Å². The SMILES string of the molecule is COc1cccc(C(=O)NC(=NCC2CCCO2)Nc2cccc(C(C)C)c2)c1. The molecule has 6 heteroatoms. The fourth-order valence-corrected chi connectivity index (χ4v) is 3.15. The van der Waals surface area contributed by atoms with E-state index in [2.05, 4.69) is 41.6 Å². The first-order valence-corrected chi connectivity index (χ1v) is 10.0. The number of nitrogens with zero attached hydrogens (tertiary/aromatic N) is 1. The van der Waals surface area contributed by atoms with Crippen molar-refractivity contribution in [2.24, 2.45) is 4.99 Å². The largest absolute Gasteiger partial charge is 0.497 e. The number of methoxy groups -OCH3 is 1. The van der Waals surface area contributed by atoms with E-state index in [0.717, 1.165) is 25.1 Å². The standard InChI is InChI=1S/C23H29N3O3/c1-16(2)17-7-4-9-19(13-17)25-23(24-15-21-11-6-12-29-21)26-22(27)18-8-5-10-20(14-18)28-3/h4-5,7-10,13-14,16,21H,6,11-12,15H2,1-3H3,(H2,24,25,26,27). The zero-order valence-corrected chi connectivity index (χ0v) is 17.3. The van der Waals surface area contributed by atoms with Crippen LogP contribution in [0.15, 0.2) is 53.5 Å². The number of amides is 1. The number of ether oxygens (including phenoxy) is 2. The highest BCUT2D eigenvalue weighted by Gasteiger charge is 2.16. The van der Waals surface area contributed by atoms with E-state index in [1.165, 1.54) is 5.56 Å². The molecule has 0 aromatic heterocycles. The molecule has 1 amide bonds. The van der Waals surface area contributed by atoms with Gasteiger partial charge in [0.05, 0.1) is 19.8 Å². The second-order valence-electron chi connectivity index (χ2n) is 7.42. The van der Waals surface area contributed by atoms with Crippen molar-refractivity contribution in [2.75, 3.05) is 25.6 Å². The fourth-order valence-electron chi connectivity index (χ4n) is 3.15. The van der Waals surface area contributed by atoms with E-state index in [-0.39, 0.29) is 12.0 Å². The summed E-state index contributed by atoms with van der Waals surface area (Å²) in [4.78, 5) is 17.4. The van der Waals surface area contributed by atoms with Gasteiger partial charge >= 0.3 is 0 Å². The second-order valence-corrected chi connectivity index (χ2v) is 7.42. The van der Waals surface area contributed by atoms with Gasteiger partial charge < -0.3 is 14.8 Å². The zero-order chi connectivity index (χ0) is 20.6. The molecule has 0 bridgehead atoms. The zero-order valence-electron chi connectivity index (χ0n) is 17.3. The van der Waals surface area contributed by atoms with Crippen LogP contribution in [0.2, 0.25) is 0 Å². The monoisotopic (exact) mass is 395 g/mol. The highest BCUT2D eigenvalue weighted by Crippen LogP contribution is 2.19. The molecule has 1 atom stereocenters. The van der Waals surface area contributed by atoms with Crippen molar-refractivity contribution in [3.05, 3.63) is 59.7 Å². The van der Waals surface area contributed by atoms with E-state index in [1.54, 1.807) is 31.4 Å². The third kappa shape index (κ3) is 6.06. The van der Waals surface area contributed by atoms with Crippen molar-refractivity contribution in [3.63, 3.8) is 0 Å². The molecule has 0 aliphatic carbocycles. The molecule has 1 aliphatic heterocycles. The summed E-state index contributed by atoms with van der Waals surface area (Å²) >= 11 is 0. The molecule has 1 unspecified atom stereocenters. The summed E-state index contributed by atoms with van der Waals surface area (Å²) in [7, 11) is 1.58. The average molecular weight is 396 g/mol. The minimum absolute atomic E-state index is 0.0996. The molecular weight excluding hydrogens is 366 g/mol. The number of anilines is 1. The fraction of sp³-hybridized carbons (Fsp3) is 0.391. The Kier molecular flexibility index (Phi) is 7.25. The van der Waals surface area contributed by atoms with Gasteiger partial charge in [-0.05, 0) is 54.7 Å². The van der Waals surface area contributed by atoms with Crippen LogP contribution in [-0.2, 0) is 4.74 Å². The van der Waals surface area contributed by atoms with Crippen molar-refractivity contribution >= 4 is 17.6 Å². The second kappa shape index (κ2) is 10.1. The molecule has 3 rings (SSSR count).